The minimum atomic E-state index is -0.0147. The number of carbonyl (C=O) groups excluding carboxylic acids is 1. The maximum Gasteiger partial charge on any atom is 0.234 e. The molecule has 3 aromatic rings. The Morgan fingerprint density at radius 2 is 1.52 bits per heavy atom. The fourth-order valence-corrected chi connectivity index (χ4v) is 3.59. The highest BCUT2D eigenvalue weighted by atomic mass is 32.2. The molecule has 0 aliphatic heterocycles. The highest BCUT2D eigenvalue weighted by Gasteiger charge is 2.06. The van der Waals surface area contributed by atoms with Crippen LogP contribution in [-0.2, 0) is 4.79 Å². The van der Waals surface area contributed by atoms with Crippen molar-refractivity contribution < 1.29 is 4.79 Å². The Hall–Kier alpha value is -2.83. The van der Waals surface area contributed by atoms with Gasteiger partial charge >= 0.3 is 0 Å². The summed E-state index contributed by atoms with van der Waals surface area (Å²) < 4.78 is 0. The van der Waals surface area contributed by atoms with E-state index in [0.29, 0.717) is 10.9 Å². The number of carbonyl (C=O) groups is 1. The first-order valence-electron chi connectivity index (χ1n) is 9.22. The van der Waals surface area contributed by atoms with E-state index in [1.165, 1.54) is 11.8 Å². The van der Waals surface area contributed by atoms with E-state index in [2.05, 4.69) is 16.0 Å². The Bertz CT molecular complexity index is 989. The molecule has 0 fully saturated rings. The molecule has 1 amide bonds. The van der Waals surface area contributed by atoms with Crippen molar-refractivity contribution in [3.8, 4) is 0 Å². The molecule has 4 nitrogen and oxygen atoms in total. The number of thiocarbonyl (C=S) groups is 1. The number of amides is 1. The van der Waals surface area contributed by atoms with E-state index < -0.39 is 0 Å². The Kier molecular flexibility index (Phi) is 7.27. The first kappa shape index (κ1) is 20.9. The first-order valence-corrected chi connectivity index (χ1v) is 10.6. The summed E-state index contributed by atoms with van der Waals surface area (Å²) in [7, 11) is 0. The second-order valence-electron chi connectivity index (χ2n) is 6.62. The van der Waals surface area contributed by atoms with Crippen LogP contribution >= 0.6 is 24.0 Å². The molecule has 3 N–H and O–H groups in total. The van der Waals surface area contributed by atoms with Crippen LogP contribution < -0.4 is 16.0 Å². The molecule has 0 aliphatic carbocycles. The van der Waals surface area contributed by atoms with Crippen molar-refractivity contribution in [3.05, 3.63) is 83.9 Å². The van der Waals surface area contributed by atoms with Gasteiger partial charge in [-0.15, -0.1) is 11.8 Å². The second-order valence-corrected chi connectivity index (χ2v) is 8.08. The molecule has 29 heavy (non-hydrogen) atoms. The van der Waals surface area contributed by atoms with Crippen LogP contribution in [0, 0.1) is 13.8 Å². The molecule has 0 spiro atoms. The average Bonchev–Trinajstić information content (AvgIpc) is 2.71. The van der Waals surface area contributed by atoms with Crippen molar-refractivity contribution >= 4 is 52.1 Å². The minimum absolute atomic E-state index is 0.0147. The number of para-hydroxylation sites is 1. The summed E-state index contributed by atoms with van der Waals surface area (Å²) in [6.45, 7) is 4.01. The van der Waals surface area contributed by atoms with E-state index in [-0.39, 0.29) is 5.91 Å². The standard InChI is InChI=1S/C23H23N3OS2/c1-16-8-9-17(2)21(14-16)26-22(27)15-29-20-12-10-19(11-13-20)25-23(28)24-18-6-4-3-5-7-18/h3-14H,15H2,1-2H3,(H,26,27)(H2,24,25,28). The summed E-state index contributed by atoms with van der Waals surface area (Å²) in [5.41, 5.74) is 4.88. The summed E-state index contributed by atoms with van der Waals surface area (Å²) in [4.78, 5) is 13.3. The molecule has 0 aliphatic rings. The van der Waals surface area contributed by atoms with Crippen molar-refractivity contribution in [1.82, 2.24) is 0 Å². The summed E-state index contributed by atoms with van der Waals surface area (Å²) in [5, 5.41) is 9.81. The van der Waals surface area contributed by atoms with Gasteiger partial charge in [-0.2, -0.15) is 0 Å². The van der Waals surface area contributed by atoms with Crippen LogP contribution in [-0.4, -0.2) is 16.8 Å². The number of benzene rings is 3. The monoisotopic (exact) mass is 421 g/mol. The zero-order chi connectivity index (χ0) is 20.6. The number of hydrogen-bond acceptors (Lipinski definition) is 3. The molecule has 3 rings (SSSR count). The van der Waals surface area contributed by atoms with E-state index in [1.54, 1.807) is 0 Å². The summed E-state index contributed by atoms with van der Waals surface area (Å²) in [5.74, 6) is 0.341. The second kappa shape index (κ2) is 10.1. The maximum absolute atomic E-state index is 12.3. The molecular formula is C23H23N3OS2. The SMILES string of the molecule is Cc1ccc(C)c(NC(=O)CSc2ccc(NC(=S)Nc3ccccc3)cc2)c1. The lowest BCUT2D eigenvalue weighted by Gasteiger charge is -2.11. The average molecular weight is 422 g/mol. The van der Waals surface area contributed by atoms with Crippen LogP contribution in [0.15, 0.2) is 77.7 Å². The Balaban J connectivity index is 1.48. The van der Waals surface area contributed by atoms with E-state index in [4.69, 9.17) is 12.2 Å². The molecule has 0 saturated carbocycles. The topological polar surface area (TPSA) is 53.2 Å². The van der Waals surface area contributed by atoms with E-state index in [1.807, 2.05) is 86.6 Å². The lowest BCUT2D eigenvalue weighted by molar-refractivity contribution is -0.113. The molecule has 0 radical (unpaired) electrons. The predicted octanol–water partition coefficient (Wildman–Crippen LogP) is 5.84. The summed E-state index contributed by atoms with van der Waals surface area (Å²) in [6.07, 6.45) is 0. The third-order valence-electron chi connectivity index (χ3n) is 4.18. The van der Waals surface area contributed by atoms with E-state index >= 15 is 0 Å². The molecule has 0 aromatic heterocycles. The van der Waals surface area contributed by atoms with Crippen LogP contribution in [0.25, 0.3) is 0 Å². The Labute approximate surface area is 181 Å². The molecule has 0 unspecified atom stereocenters. The maximum atomic E-state index is 12.3. The van der Waals surface area contributed by atoms with Crippen LogP contribution in [0.5, 0.6) is 0 Å². The number of hydrogen-bond donors (Lipinski definition) is 3. The van der Waals surface area contributed by atoms with Gasteiger partial charge in [-0.05, 0) is 79.7 Å². The zero-order valence-electron chi connectivity index (χ0n) is 16.4. The van der Waals surface area contributed by atoms with Crippen LogP contribution in [0.4, 0.5) is 17.1 Å². The molecular weight excluding hydrogens is 398 g/mol. The van der Waals surface area contributed by atoms with Crippen molar-refractivity contribution in [2.75, 3.05) is 21.7 Å². The quantitative estimate of drug-likeness (QED) is 0.345. The van der Waals surface area contributed by atoms with Crippen LogP contribution in [0.1, 0.15) is 11.1 Å². The Morgan fingerprint density at radius 3 is 2.21 bits per heavy atom. The van der Waals surface area contributed by atoms with Crippen molar-refractivity contribution in [3.63, 3.8) is 0 Å². The van der Waals surface area contributed by atoms with E-state index in [9.17, 15) is 4.79 Å². The molecule has 0 saturated heterocycles. The third kappa shape index (κ3) is 6.62. The largest absolute Gasteiger partial charge is 0.332 e. The third-order valence-corrected chi connectivity index (χ3v) is 5.40. The minimum Gasteiger partial charge on any atom is -0.332 e. The molecule has 0 heterocycles. The van der Waals surface area contributed by atoms with Gasteiger partial charge in [-0.1, -0.05) is 30.3 Å². The van der Waals surface area contributed by atoms with Gasteiger partial charge in [-0.3, -0.25) is 4.79 Å². The van der Waals surface area contributed by atoms with Crippen LogP contribution in [0.3, 0.4) is 0 Å². The van der Waals surface area contributed by atoms with Gasteiger partial charge in [-0.25, -0.2) is 0 Å². The smallest absolute Gasteiger partial charge is 0.234 e. The molecule has 148 valence electrons. The van der Waals surface area contributed by atoms with Gasteiger partial charge in [0.25, 0.3) is 0 Å². The van der Waals surface area contributed by atoms with Crippen LogP contribution in [0.2, 0.25) is 0 Å². The number of rotatable bonds is 6. The molecule has 0 atom stereocenters. The lowest BCUT2D eigenvalue weighted by atomic mass is 10.1. The molecule has 0 bridgehead atoms. The highest BCUT2D eigenvalue weighted by Crippen LogP contribution is 2.22. The fraction of sp³-hybridized carbons (Fsp3) is 0.130. The molecule has 3 aromatic carbocycles. The summed E-state index contributed by atoms with van der Waals surface area (Å²) in [6, 6.07) is 23.7. The van der Waals surface area contributed by atoms with Gasteiger partial charge in [0.05, 0.1) is 5.75 Å². The lowest BCUT2D eigenvalue weighted by Crippen LogP contribution is -2.18. The van der Waals surface area contributed by atoms with Gasteiger partial charge in [0, 0.05) is 22.0 Å². The first-order chi connectivity index (χ1) is 14.0. The number of nitrogens with one attached hydrogen (secondary N) is 3. The highest BCUT2D eigenvalue weighted by molar-refractivity contribution is 8.00. The Morgan fingerprint density at radius 1 is 0.862 bits per heavy atom. The van der Waals surface area contributed by atoms with Gasteiger partial charge in [0.1, 0.15) is 0 Å². The fourth-order valence-electron chi connectivity index (χ4n) is 2.66. The predicted molar refractivity (Wildman–Crippen MR) is 128 cm³/mol. The van der Waals surface area contributed by atoms with Gasteiger partial charge in [0.15, 0.2) is 5.11 Å². The number of anilines is 3. The van der Waals surface area contributed by atoms with Gasteiger partial charge < -0.3 is 16.0 Å². The van der Waals surface area contributed by atoms with E-state index in [0.717, 1.165) is 33.1 Å². The normalized spacial score (nSPS) is 10.3. The number of aryl methyl sites for hydroxylation is 2. The van der Waals surface area contributed by atoms with Crippen molar-refractivity contribution in [1.29, 1.82) is 0 Å². The van der Waals surface area contributed by atoms with Crippen molar-refractivity contribution in [2.24, 2.45) is 0 Å². The molecule has 6 heteroatoms. The number of thioether (sulfide) groups is 1. The summed E-state index contributed by atoms with van der Waals surface area (Å²) >= 11 is 6.84. The van der Waals surface area contributed by atoms with Crippen molar-refractivity contribution in [2.45, 2.75) is 18.7 Å². The van der Waals surface area contributed by atoms with Gasteiger partial charge in [0.2, 0.25) is 5.91 Å². The zero-order valence-corrected chi connectivity index (χ0v) is 18.0.